The van der Waals surface area contributed by atoms with E-state index in [-0.39, 0.29) is 29.8 Å². The van der Waals surface area contributed by atoms with E-state index in [2.05, 4.69) is 17.2 Å². The lowest BCUT2D eigenvalue weighted by Crippen LogP contribution is -2.46. The molecule has 0 bridgehead atoms. The molecule has 0 aromatic rings. The van der Waals surface area contributed by atoms with Crippen LogP contribution in [-0.4, -0.2) is 23.9 Å². The average Bonchev–Trinajstić information content (AvgIpc) is 2.29. The second kappa shape index (κ2) is 6.42. The summed E-state index contributed by atoms with van der Waals surface area (Å²) in [5.74, 6) is -0.0327. The molecule has 0 spiro atoms. The highest BCUT2D eigenvalue weighted by molar-refractivity contribution is 5.87. The summed E-state index contributed by atoms with van der Waals surface area (Å²) in [5.41, 5.74) is 0. The van der Waals surface area contributed by atoms with Crippen LogP contribution < -0.4 is 10.6 Å². The van der Waals surface area contributed by atoms with E-state index >= 15 is 0 Å². The van der Waals surface area contributed by atoms with Gasteiger partial charge in [-0.3, -0.25) is 9.59 Å². The molecule has 96 valence electrons. The molecule has 4 nitrogen and oxygen atoms in total. The second-order valence-corrected chi connectivity index (χ2v) is 4.94. The SMILES string of the molecule is C=CC(=O)NC1CCCC(NC(=O)C(C)C)C1. The van der Waals surface area contributed by atoms with Crippen LogP contribution in [0.1, 0.15) is 39.5 Å². The number of rotatable bonds is 4. The maximum atomic E-state index is 11.6. The van der Waals surface area contributed by atoms with Crippen molar-refractivity contribution in [2.75, 3.05) is 0 Å². The lowest BCUT2D eigenvalue weighted by atomic mass is 9.90. The molecule has 0 aliphatic heterocycles. The lowest BCUT2D eigenvalue weighted by Gasteiger charge is -2.30. The molecular weight excluding hydrogens is 216 g/mol. The summed E-state index contributed by atoms with van der Waals surface area (Å²) in [4.78, 5) is 22.8. The maximum Gasteiger partial charge on any atom is 0.243 e. The van der Waals surface area contributed by atoms with Crippen molar-refractivity contribution in [1.82, 2.24) is 10.6 Å². The van der Waals surface area contributed by atoms with Crippen molar-refractivity contribution in [3.63, 3.8) is 0 Å². The minimum atomic E-state index is -0.133. The molecule has 1 aliphatic carbocycles. The van der Waals surface area contributed by atoms with Gasteiger partial charge in [0.05, 0.1) is 0 Å². The van der Waals surface area contributed by atoms with E-state index in [9.17, 15) is 9.59 Å². The Hall–Kier alpha value is -1.32. The summed E-state index contributed by atoms with van der Waals surface area (Å²) in [6.07, 6.45) is 5.12. The second-order valence-electron chi connectivity index (χ2n) is 4.94. The molecule has 0 radical (unpaired) electrons. The molecule has 1 fully saturated rings. The number of hydrogen-bond donors (Lipinski definition) is 2. The van der Waals surface area contributed by atoms with Crippen LogP contribution in [0.3, 0.4) is 0 Å². The largest absolute Gasteiger partial charge is 0.353 e. The van der Waals surface area contributed by atoms with Gasteiger partial charge in [0, 0.05) is 18.0 Å². The minimum absolute atomic E-state index is 0.0122. The Morgan fingerprint density at radius 3 is 2.35 bits per heavy atom. The van der Waals surface area contributed by atoms with Gasteiger partial charge < -0.3 is 10.6 Å². The summed E-state index contributed by atoms with van der Waals surface area (Å²) in [5, 5.41) is 5.92. The van der Waals surface area contributed by atoms with Gasteiger partial charge in [-0.05, 0) is 31.8 Å². The molecule has 2 atom stereocenters. The van der Waals surface area contributed by atoms with Crippen LogP contribution in [0.4, 0.5) is 0 Å². The molecule has 2 amide bonds. The third kappa shape index (κ3) is 4.59. The highest BCUT2D eigenvalue weighted by Crippen LogP contribution is 2.19. The maximum absolute atomic E-state index is 11.6. The van der Waals surface area contributed by atoms with Crippen molar-refractivity contribution in [2.24, 2.45) is 5.92 Å². The highest BCUT2D eigenvalue weighted by atomic mass is 16.2. The number of nitrogens with one attached hydrogen (secondary N) is 2. The Kier molecular flexibility index (Phi) is 5.19. The third-order valence-electron chi connectivity index (χ3n) is 3.08. The van der Waals surface area contributed by atoms with Gasteiger partial charge in [0.1, 0.15) is 0 Å². The van der Waals surface area contributed by atoms with E-state index in [1.165, 1.54) is 6.08 Å². The fraction of sp³-hybridized carbons (Fsp3) is 0.692. The van der Waals surface area contributed by atoms with E-state index in [1.807, 2.05) is 13.8 Å². The van der Waals surface area contributed by atoms with Gasteiger partial charge in [0.15, 0.2) is 0 Å². The van der Waals surface area contributed by atoms with E-state index in [1.54, 1.807) is 0 Å². The summed E-state index contributed by atoms with van der Waals surface area (Å²) >= 11 is 0. The Labute approximate surface area is 103 Å². The number of carbonyl (C=O) groups excluding carboxylic acids is 2. The number of hydrogen-bond acceptors (Lipinski definition) is 2. The molecule has 17 heavy (non-hydrogen) atoms. The zero-order valence-corrected chi connectivity index (χ0v) is 10.7. The lowest BCUT2D eigenvalue weighted by molar-refractivity contribution is -0.124. The fourth-order valence-corrected chi connectivity index (χ4v) is 2.08. The first-order chi connectivity index (χ1) is 8.02. The van der Waals surface area contributed by atoms with Gasteiger partial charge in [0.25, 0.3) is 0 Å². The van der Waals surface area contributed by atoms with Crippen molar-refractivity contribution >= 4 is 11.8 Å². The Morgan fingerprint density at radius 2 is 1.82 bits per heavy atom. The van der Waals surface area contributed by atoms with E-state index in [0.717, 1.165) is 25.7 Å². The highest BCUT2D eigenvalue weighted by Gasteiger charge is 2.24. The zero-order valence-electron chi connectivity index (χ0n) is 10.7. The van der Waals surface area contributed by atoms with E-state index < -0.39 is 0 Å². The average molecular weight is 238 g/mol. The molecule has 4 heteroatoms. The monoisotopic (exact) mass is 238 g/mol. The predicted octanol–water partition coefficient (Wildman–Crippen LogP) is 1.37. The van der Waals surface area contributed by atoms with E-state index in [0.29, 0.717) is 0 Å². The Bertz CT molecular complexity index is 300. The summed E-state index contributed by atoms with van der Waals surface area (Å²) in [6.45, 7) is 7.20. The summed E-state index contributed by atoms with van der Waals surface area (Å²) in [7, 11) is 0. The van der Waals surface area contributed by atoms with Gasteiger partial charge in [0.2, 0.25) is 11.8 Å². The molecule has 0 aromatic carbocycles. The zero-order chi connectivity index (χ0) is 12.8. The molecule has 1 saturated carbocycles. The first kappa shape index (κ1) is 13.7. The van der Waals surface area contributed by atoms with E-state index in [4.69, 9.17) is 0 Å². The predicted molar refractivity (Wildman–Crippen MR) is 67.4 cm³/mol. The van der Waals surface area contributed by atoms with Crippen LogP contribution in [0, 0.1) is 5.92 Å². The van der Waals surface area contributed by atoms with Crippen LogP contribution in [-0.2, 0) is 9.59 Å². The molecular formula is C13H22N2O2. The first-order valence-electron chi connectivity index (χ1n) is 6.26. The van der Waals surface area contributed by atoms with Gasteiger partial charge >= 0.3 is 0 Å². The van der Waals surface area contributed by atoms with Crippen LogP contribution in [0.15, 0.2) is 12.7 Å². The molecule has 1 rings (SSSR count). The summed E-state index contributed by atoms with van der Waals surface area (Å²) < 4.78 is 0. The number of carbonyl (C=O) groups is 2. The molecule has 2 unspecified atom stereocenters. The van der Waals surface area contributed by atoms with Gasteiger partial charge in [-0.2, -0.15) is 0 Å². The number of amides is 2. The smallest absolute Gasteiger partial charge is 0.243 e. The summed E-state index contributed by atoms with van der Waals surface area (Å²) in [6, 6.07) is 0.348. The minimum Gasteiger partial charge on any atom is -0.353 e. The molecule has 2 N–H and O–H groups in total. The fourth-order valence-electron chi connectivity index (χ4n) is 2.08. The molecule has 0 heterocycles. The standard InChI is InChI=1S/C13H22N2O2/c1-4-12(16)14-10-6-5-7-11(8-10)15-13(17)9(2)3/h4,9-11H,1,5-8H2,2-3H3,(H,14,16)(H,15,17). The van der Waals surface area contributed by atoms with Crippen molar-refractivity contribution in [3.05, 3.63) is 12.7 Å². The van der Waals surface area contributed by atoms with Crippen molar-refractivity contribution in [3.8, 4) is 0 Å². The Morgan fingerprint density at radius 1 is 1.24 bits per heavy atom. The Balaban J connectivity index is 2.41. The molecule has 0 aromatic heterocycles. The van der Waals surface area contributed by atoms with Gasteiger partial charge in [-0.15, -0.1) is 0 Å². The van der Waals surface area contributed by atoms with Crippen molar-refractivity contribution < 1.29 is 9.59 Å². The molecule has 1 aliphatic rings. The van der Waals surface area contributed by atoms with Crippen LogP contribution in [0.2, 0.25) is 0 Å². The van der Waals surface area contributed by atoms with Crippen LogP contribution >= 0.6 is 0 Å². The topological polar surface area (TPSA) is 58.2 Å². The van der Waals surface area contributed by atoms with Crippen molar-refractivity contribution in [2.45, 2.75) is 51.6 Å². The van der Waals surface area contributed by atoms with Crippen molar-refractivity contribution in [1.29, 1.82) is 0 Å². The van der Waals surface area contributed by atoms with Crippen LogP contribution in [0.25, 0.3) is 0 Å². The van der Waals surface area contributed by atoms with Gasteiger partial charge in [-0.25, -0.2) is 0 Å². The quantitative estimate of drug-likeness (QED) is 0.727. The van der Waals surface area contributed by atoms with Gasteiger partial charge in [-0.1, -0.05) is 20.4 Å². The third-order valence-corrected chi connectivity index (χ3v) is 3.08. The molecule has 0 saturated heterocycles. The normalized spacial score (nSPS) is 24.2. The van der Waals surface area contributed by atoms with Crippen LogP contribution in [0.5, 0.6) is 0 Å². The first-order valence-corrected chi connectivity index (χ1v) is 6.26.